The van der Waals surface area contributed by atoms with Gasteiger partial charge in [0, 0.05) is 12.5 Å². The minimum absolute atomic E-state index is 0.269. The van der Waals surface area contributed by atoms with Crippen LogP contribution >= 0.6 is 11.8 Å². The maximum Gasteiger partial charge on any atom is 0.286 e. The van der Waals surface area contributed by atoms with Crippen molar-refractivity contribution in [3.8, 4) is 11.5 Å². The quantitative estimate of drug-likeness (QED) is 0.862. The molecule has 1 heterocycles. The van der Waals surface area contributed by atoms with Crippen LogP contribution in [0.25, 0.3) is 6.08 Å². The van der Waals surface area contributed by atoms with Crippen LogP contribution in [0.5, 0.6) is 11.5 Å². The molecule has 1 aromatic carbocycles. The average molecular weight is 306 g/mol. The van der Waals surface area contributed by atoms with E-state index in [0.717, 1.165) is 11.8 Å². The van der Waals surface area contributed by atoms with E-state index in [1.165, 1.54) is 14.0 Å². The van der Waals surface area contributed by atoms with E-state index >= 15 is 0 Å². The van der Waals surface area contributed by atoms with Crippen LogP contribution < -0.4 is 14.8 Å². The summed E-state index contributed by atoms with van der Waals surface area (Å²) in [5.74, 6) is 0.446. The van der Waals surface area contributed by atoms with E-state index in [1.807, 2.05) is 0 Å². The molecule has 0 saturated carbocycles. The van der Waals surface area contributed by atoms with Gasteiger partial charge in [0.05, 0.1) is 19.1 Å². The Labute approximate surface area is 126 Å². The van der Waals surface area contributed by atoms with Gasteiger partial charge in [-0.05, 0) is 23.9 Å². The number of hydrogen-bond donors (Lipinski definition) is 1. The third kappa shape index (κ3) is 3.43. The molecule has 2 rings (SSSR count). The molecule has 0 spiro atoms. The minimum atomic E-state index is -0.395. The van der Waals surface area contributed by atoms with Gasteiger partial charge < -0.3 is 14.8 Å². The van der Waals surface area contributed by atoms with Gasteiger partial charge in [0.1, 0.15) is 0 Å². The lowest BCUT2D eigenvalue weighted by atomic mass is 10.1. The number of aliphatic imine (C=N–C) groups is 1. The van der Waals surface area contributed by atoms with Crippen molar-refractivity contribution in [3.63, 3.8) is 0 Å². The van der Waals surface area contributed by atoms with Crippen LogP contribution in [-0.4, -0.2) is 31.2 Å². The van der Waals surface area contributed by atoms with E-state index in [9.17, 15) is 9.59 Å². The van der Waals surface area contributed by atoms with E-state index in [1.54, 1.807) is 31.4 Å². The second-order valence-electron chi connectivity index (χ2n) is 4.10. The van der Waals surface area contributed by atoms with Gasteiger partial charge in [0.15, 0.2) is 16.7 Å². The average Bonchev–Trinajstić information content (AvgIpc) is 2.77. The lowest BCUT2D eigenvalue weighted by Crippen LogP contribution is -2.23. The van der Waals surface area contributed by atoms with Crippen LogP contribution in [0.3, 0.4) is 0 Å². The number of nitrogens with zero attached hydrogens (tertiary/aromatic N) is 1. The van der Waals surface area contributed by atoms with Crippen LogP contribution in [0.1, 0.15) is 12.5 Å². The fourth-order valence-corrected chi connectivity index (χ4v) is 2.63. The Balaban J connectivity index is 2.30. The number of ether oxygens (including phenoxy) is 2. The van der Waals surface area contributed by atoms with Gasteiger partial charge in [-0.1, -0.05) is 12.1 Å². The number of nitrogens with one attached hydrogen (secondary N) is 1. The SMILES string of the molecule is COc1cccc(/C=C2\SC(NC(C)=O)=NC2=O)c1OC. The van der Waals surface area contributed by atoms with Crippen molar-refractivity contribution < 1.29 is 19.1 Å². The fourth-order valence-electron chi connectivity index (χ4n) is 1.78. The lowest BCUT2D eigenvalue weighted by Gasteiger charge is -2.10. The summed E-state index contributed by atoms with van der Waals surface area (Å²) in [6, 6.07) is 5.37. The summed E-state index contributed by atoms with van der Waals surface area (Å²) < 4.78 is 10.5. The van der Waals surface area contributed by atoms with E-state index in [2.05, 4.69) is 10.3 Å². The summed E-state index contributed by atoms with van der Waals surface area (Å²) in [5.41, 5.74) is 0.701. The number of methoxy groups -OCH3 is 2. The van der Waals surface area contributed by atoms with Crippen molar-refractivity contribution >= 4 is 34.8 Å². The highest BCUT2D eigenvalue weighted by Gasteiger charge is 2.23. The number of thioether (sulfide) groups is 1. The first-order valence-electron chi connectivity index (χ1n) is 6.06. The van der Waals surface area contributed by atoms with Gasteiger partial charge in [-0.15, -0.1) is 0 Å². The Kier molecular flexibility index (Phi) is 4.64. The molecule has 21 heavy (non-hydrogen) atoms. The van der Waals surface area contributed by atoms with Crippen molar-refractivity contribution in [1.29, 1.82) is 0 Å². The molecular weight excluding hydrogens is 292 g/mol. The molecule has 1 aliphatic heterocycles. The smallest absolute Gasteiger partial charge is 0.286 e. The molecule has 1 aromatic rings. The number of amidine groups is 1. The molecular formula is C14H14N2O4S. The number of carbonyl (C=O) groups excluding carboxylic acids is 2. The molecule has 6 nitrogen and oxygen atoms in total. The molecule has 0 atom stereocenters. The van der Waals surface area contributed by atoms with Gasteiger partial charge in [0.25, 0.3) is 5.91 Å². The van der Waals surface area contributed by atoms with Crippen molar-refractivity contribution in [2.24, 2.45) is 4.99 Å². The zero-order chi connectivity index (χ0) is 15.4. The highest BCUT2D eigenvalue weighted by Crippen LogP contribution is 2.35. The van der Waals surface area contributed by atoms with E-state index in [-0.39, 0.29) is 11.1 Å². The number of amides is 2. The molecule has 1 N–H and O–H groups in total. The third-order valence-corrected chi connectivity index (χ3v) is 3.52. The van der Waals surface area contributed by atoms with Crippen molar-refractivity contribution in [2.45, 2.75) is 6.92 Å². The number of hydrogen-bond acceptors (Lipinski definition) is 5. The predicted molar refractivity (Wildman–Crippen MR) is 81.4 cm³/mol. The summed E-state index contributed by atoms with van der Waals surface area (Å²) >= 11 is 1.11. The Morgan fingerprint density at radius 2 is 2.10 bits per heavy atom. The molecule has 0 saturated heterocycles. The first-order chi connectivity index (χ1) is 10.0. The zero-order valence-electron chi connectivity index (χ0n) is 11.8. The summed E-state index contributed by atoms with van der Waals surface area (Å²) in [6.07, 6.45) is 1.66. The number of rotatable bonds is 3. The van der Waals surface area contributed by atoms with Crippen molar-refractivity contribution in [3.05, 3.63) is 28.7 Å². The van der Waals surface area contributed by atoms with Crippen molar-refractivity contribution in [2.75, 3.05) is 14.2 Å². The third-order valence-electron chi connectivity index (χ3n) is 2.62. The number of carbonyl (C=O) groups is 2. The van der Waals surface area contributed by atoms with E-state index in [4.69, 9.17) is 9.47 Å². The molecule has 0 aromatic heterocycles. The Morgan fingerprint density at radius 3 is 2.71 bits per heavy atom. The topological polar surface area (TPSA) is 77.0 Å². The molecule has 2 amide bonds. The molecule has 0 unspecified atom stereocenters. The van der Waals surface area contributed by atoms with Gasteiger partial charge >= 0.3 is 0 Å². The maximum atomic E-state index is 11.8. The van der Waals surface area contributed by atoms with Crippen LogP contribution in [0.15, 0.2) is 28.1 Å². The first kappa shape index (κ1) is 15.1. The monoisotopic (exact) mass is 306 g/mol. The normalized spacial score (nSPS) is 15.9. The summed E-state index contributed by atoms with van der Waals surface area (Å²) in [6.45, 7) is 1.36. The predicted octanol–water partition coefficient (Wildman–Crippen LogP) is 1.81. The summed E-state index contributed by atoms with van der Waals surface area (Å²) in [4.78, 5) is 27.0. The molecule has 0 radical (unpaired) electrons. The Hall–Kier alpha value is -2.28. The van der Waals surface area contributed by atoms with Crippen LogP contribution in [0, 0.1) is 0 Å². The van der Waals surface area contributed by atoms with Crippen molar-refractivity contribution in [1.82, 2.24) is 5.32 Å². The summed E-state index contributed by atoms with van der Waals surface area (Å²) in [7, 11) is 3.07. The summed E-state index contributed by atoms with van der Waals surface area (Å²) in [5, 5.41) is 2.77. The van der Waals surface area contributed by atoms with E-state index in [0.29, 0.717) is 22.0 Å². The standard InChI is InChI=1S/C14H14N2O4S/c1-8(17)15-14-16-13(18)11(21-14)7-9-5-4-6-10(19-2)12(9)20-3/h4-7H,1-3H3,(H,15,16,17,18)/b11-7-. The first-order valence-corrected chi connectivity index (χ1v) is 6.88. The minimum Gasteiger partial charge on any atom is -0.493 e. The Morgan fingerprint density at radius 1 is 1.33 bits per heavy atom. The number of benzene rings is 1. The fraction of sp³-hybridized carbons (Fsp3) is 0.214. The van der Waals surface area contributed by atoms with Crippen LogP contribution in [-0.2, 0) is 9.59 Å². The van der Waals surface area contributed by atoms with Gasteiger partial charge in [-0.2, -0.15) is 4.99 Å². The molecule has 7 heteroatoms. The molecule has 0 aliphatic carbocycles. The Bertz CT molecular complexity index is 652. The molecule has 110 valence electrons. The van der Waals surface area contributed by atoms with E-state index < -0.39 is 5.91 Å². The molecule has 0 bridgehead atoms. The van der Waals surface area contributed by atoms with Crippen LogP contribution in [0.4, 0.5) is 0 Å². The largest absolute Gasteiger partial charge is 0.493 e. The maximum absolute atomic E-state index is 11.8. The zero-order valence-corrected chi connectivity index (χ0v) is 12.6. The highest BCUT2D eigenvalue weighted by molar-refractivity contribution is 8.18. The highest BCUT2D eigenvalue weighted by atomic mass is 32.2. The van der Waals surface area contributed by atoms with Gasteiger partial charge in [-0.3, -0.25) is 9.59 Å². The lowest BCUT2D eigenvalue weighted by molar-refractivity contribution is -0.117. The molecule has 1 aliphatic rings. The van der Waals surface area contributed by atoms with Crippen LogP contribution in [0.2, 0.25) is 0 Å². The number of para-hydroxylation sites is 1. The second-order valence-corrected chi connectivity index (χ2v) is 5.13. The molecule has 0 fully saturated rings. The second kappa shape index (κ2) is 6.45. The van der Waals surface area contributed by atoms with Gasteiger partial charge in [0.2, 0.25) is 5.91 Å². The van der Waals surface area contributed by atoms with Gasteiger partial charge in [-0.25, -0.2) is 0 Å².